The Hall–Kier alpha value is -1.66. The molecule has 6 heteroatoms. The van der Waals surface area contributed by atoms with Gasteiger partial charge >= 0.3 is 5.97 Å². The molecule has 0 saturated heterocycles. The van der Waals surface area contributed by atoms with E-state index in [1.165, 1.54) is 11.3 Å². The summed E-state index contributed by atoms with van der Waals surface area (Å²) < 4.78 is 10.2. The van der Waals surface area contributed by atoms with Crippen LogP contribution < -0.4 is 0 Å². The van der Waals surface area contributed by atoms with Crippen LogP contribution in [-0.2, 0) is 22.6 Å². The number of aromatic nitrogens is 1. The first-order chi connectivity index (χ1) is 8.20. The Morgan fingerprint density at radius 1 is 1.65 bits per heavy atom. The topological polar surface area (TPSA) is 72.6 Å². The first-order valence-corrected chi connectivity index (χ1v) is 5.75. The van der Waals surface area contributed by atoms with Gasteiger partial charge in [-0.05, 0) is 12.1 Å². The highest BCUT2D eigenvalue weighted by Gasteiger charge is 2.16. The minimum Gasteiger partial charge on any atom is -0.481 e. The Kier molecular flexibility index (Phi) is 3.55. The predicted molar refractivity (Wildman–Crippen MR) is 61.9 cm³/mol. The molecule has 0 fully saturated rings. The number of aliphatic carboxylic acids is 1. The first-order valence-electron chi connectivity index (χ1n) is 4.94. The van der Waals surface area contributed by atoms with Gasteiger partial charge in [0.2, 0.25) is 0 Å². The van der Waals surface area contributed by atoms with Gasteiger partial charge in [0.15, 0.2) is 10.8 Å². The number of carboxylic acid groups (broad SMARTS) is 1. The van der Waals surface area contributed by atoms with Gasteiger partial charge in [0.25, 0.3) is 0 Å². The molecule has 2 rings (SSSR count). The van der Waals surface area contributed by atoms with E-state index in [4.69, 9.17) is 14.3 Å². The second kappa shape index (κ2) is 5.11. The maximum absolute atomic E-state index is 10.7. The van der Waals surface area contributed by atoms with E-state index in [9.17, 15) is 4.79 Å². The van der Waals surface area contributed by atoms with Gasteiger partial charge in [0.1, 0.15) is 0 Å². The molecule has 0 radical (unpaired) electrons. The number of hydrogen-bond donors (Lipinski definition) is 1. The van der Waals surface area contributed by atoms with Crippen molar-refractivity contribution in [3.63, 3.8) is 0 Å². The zero-order valence-electron chi connectivity index (χ0n) is 9.17. The summed E-state index contributed by atoms with van der Waals surface area (Å²) in [6, 6.07) is 3.56. The van der Waals surface area contributed by atoms with Crippen molar-refractivity contribution in [3.05, 3.63) is 29.0 Å². The lowest BCUT2D eigenvalue weighted by molar-refractivity contribution is -0.136. The van der Waals surface area contributed by atoms with Crippen molar-refractivity contribution in [2.45, 2.75) is 13.0 Å². The molecule has 1 N–H and O–H groups in total. The Bertz CT molecular complexity index is 504. The van der Waals surface area contributed by atoms with E-state index in [1.54, 1.807) is 25.5 Å². The van der Waals surface area contributed by atoms with Crippen LogP contribution in [0.3, 0.4) is 0 Å². The Balaban J connectivity index is 2.33. The first kappa shape index (κ1) is 11.8. The van der Waals surface area contributed by atoms with Gasteiger partial charge in [0, 0.05) is 12.0 Å². The second-order valence-electron chi connectivity index (χ2n) is 3.37. The minimum absolute atomic E-state index is 0.0446. The number of hydrogen-bond acceptors (Lipinski definition) is 5. The number of thiazole rings is 1. The smallest absolute Gasteiger partial charge is 0.308 e. The van der Waals surface area contributed by atoms with Crippen molar-refractivity contribution in [1.29, 1.82) is 0 Å². The molecule has 0 aliphatic carbocycles. The van der Waals surface area contributed by atoms with Crippen LogP contribution in [0.15, 0.2) is 22.8 Å². The number of methoxy groups -OCH3 is 1. The SMILES string of the molecule is COCc1nc(-c2ccco2)sc1CC(=O)O. The zero-order valence-corrected chi connectivity index (χ0v) is 9.99. The molecule has 0 atom stereocenters. The van der Waals surface area contributed by atoms with Crippen LogP contribution in [0.1, 0.15) is 10.6 Å². The summed E-state index contributed by atoms with van der Waals surface area (Å²) in [6.07, 6.45) is 1.51. The second-order valence-corrected chi connectivity index (χ2v) is 4.45. The predicted octanol–water partition coefficient (Wildman–Crippen LogP) is 2.18. The van der Waals surface area contributed by atoms with Crippen molar-refractivity contribution in [2.75, 3.05) is 7.11 Å². The maximum atomic E-state index is 10.7. The summed E-state index contributed by atoms with van der Waals surface area (Å²) in [7, 11) is 1.55. The van der Waals surface area contributed by atoms with Gasteiger partial charge < -0.3 is 14.3 Å². The molecule has 0 unspecified atom stereocenters. The fourth-order valence-corrected chi connectivity index (χ4v) is 2.44. The number of furan rings is 1. The summed E-state index contributed by atoms with van der Waals surface area (Å²) >= 11 is 1.32. The molecule has 0 spiro atoms. The van der Waals surface area contributed by atoms with Crippen molar-refractivity contribution in [3.8, 4) is 10.8 Å². The fourth-order valence-electron chi connectivity index (χ4n) is 1.41. The van der Waals surface area contributed by atoms with Crippen molar-refractivity contribution in [1.82, 2.24) is 4.98 Å². The molecular weight excluding hydrogens is 242 g/mol. The van der Waals surface area contributed by atoms with Gasteiger partial charge in [-0.2, -0.15) is 0 Å². The van der Waals surface area contributed by atoms with Crippen LogP contribution in [0.2, 0.25) is 0 Å². The molecule has 0 bridgehead atoms. The molecule has 0 aromatic carbocycles. The van der Waals surface area contributed by atoms with Crippen LogP contribution in [0.4, 0.5) is 0 Å². The molecule has 0 amide bonds. The normalized spacial score (nSPS) is 10.6. The Morgan fingerprint density at radius 3 is 3.06 bits per heavy atom. The lowest BCUT2D eigenvalue weighted by atomic mass is 10.3. The quantitative estimate of drug-likeness (QED) is 0.884. The summed E-state index contributed by atoms with van der Waals surface area (Å²) in [6.45, 7) is 0.305. The number of carbonyl (C=O) groups is 1. The Labute approximate surface area is 102 Å². The zero-order chi connectivity index (χ0) is 12.3. The lowest BCUT2D eigenvalue weighted by Crippen LogP contribution is -2.01. The summed E-state index contributed by atoms with van der Waals surface area (Å²) in [4.78, 5) is 15.8. The van der Waals surface area contributed by atoms with Crippen molar-refractivity contribution < 1.29 is 19.1 Å². The van der Waals surface area contributed by atoms with Gasteiger partial charge in [-0.25, -0.2) is 4.98 Å². The van der Waals surface area contributed by atoms with E-state index in [0.29, 0.717) is 27.9 Å². The lowest BCUT2D eigenvalue weighted by Gasteiger charge is -1.96. The standard InChI is InChI=1S/C11H11NO4S/c1-15-6-7-9(5-10(13)14)17-11(12-7)8-3-2-4-16-8/h2-4H,5-6H2,1H3,(H,13,14). The van der Waals surface area contributed by atoms with Gasteiger partial charge in [0.05, 0.1) is 25.0 Å². The molecule has 2 aromatic heterocycles. The van der Waals surface area contributed by atoms with E-state index in [-0.39, 0.29) is 6.42 Å². The molecule has 2 heterocycles. The summed E-state index contributed by atoms with van der Waals surface area (Å²) in [5.41, 5.74) is 0.659. The minimum atomic E-state index is -0.878. The number of nitrogens with zero attached hydrogens (tertiary/aromatic N) is 1. The third kappa shape index (κ3) is 2.72. The Morgan fingerprint density at radius 2 is 2.47 bits per heavy atom. The van der Waals surface area contributed by atoms with Crippen LogP contribution >= 0.6 is 11.3 Å². The number of ether oxygens (including phenoxy) is 1. The molecular formula is C11H11NO4S. The highest BCUT2D eigenvalue weighted by Crippen LogP contribution is 2.29. The van der Waals surface area contributed by atoms with Crippen LogP contribution in [0, 0.1) is 0 Å². The average Bonchev–Trinajstić information content (AvgIpc) is 2.87. The molecule has 90 valence electrons. The van der Waals surface area contributed by atoms with Gasteiger partial charge in [-0.1, -0.05) is 0 Å². The van der Waals surface area contributed by atoms with E-state index >= 15 is 0 Å². The monoisotopic (exact) mass is 253 g/mol. The molecule has 0 saturated carbocycles. The molecule has 2 aromatic rings. The largest absolute Gasteiger partial charge is 0.481 e. The van der Waals surface area contributed by atoms with Crippen LogP contribution in [0.25, 0.3) is 10.8 Å². The number of rotatable bonds is 5. The highest BCUT2D eigenvalue weighted by atomic mass is 32.1. The van der Waals surface area contributed by atoms with Crippen LogP contribution in [0.5, 0.6) is 0 Å². The third-order valence-electron chi connectivity index (χ3n) is 2.10. The maximum Gasteiger partial charge on any atom is 0.308 e. The molecule has 17 heavy (non-hydrogen) atoms. The van der Waals surface area contributed by atoms with E-state index in [2.05, 4.69) is 4.98 Å². The summed E-state index contributed by atoms with van der Waals surface area (Å²) in [5, 5.41) is 9.49. The third-order valence-corrected chi connectivity index (χ3v) is 3.22. The molecule has 5 nitrogen and oxygen atoms in total. The van der Waals surface area contributed by atoms with Gasteiger partial charge in [-0.15, -0.1) is 11.3 Å². The summed E-state index contributed by atoms with van der Waals surface area (Å²) in [5.74, 6) is -0.235. The van der Waals surface area contributed by atoms with E-state index < -0.39 is 5.97 Å². The van der Waals surface area contributed by atoms with E-state index in [1.807, 2.05) is 0 Å². The van der Waals surface area contributed by atoms with E-state index in [0.717, 1.165) is 0 Å². The molecule has 0 aliphatic rings. The van der Waals surface area contributed by atoms with Crippen molar-refractivity contribution in [2.24, 2.45) is 0 Å². The van der Waals surface area contributed by atoms with Crippen LogP contribution in [-0.4, -0.2) is 23.2 Å². The number of carboxylic acids is 1. The fraction of sp³-hybridized carbons (Fsp3) is 0.273. The average molecular weight is 253 g/mol. The van der Waals surface area contributed by atoms with Gasteiger partial charge in [-0.3, -0.25) is 4.79 Å². The highest BCUT2D eigenvalue weighted by molar-refractivity contribution is 7.15. The van der Waals surface area contributed by atoms with Crippen molar-refractivity contribution >= 4 is 17.3 Å². The molecule has 0 aliphatic heterocycles.